The number of hydrogen-bond acceptors (Lipinski definition) is 6. The van der Waals surface area contributed by atoms with Crippen LogP contribution >= 0.6 is 11.6 Å². The minimum absolute atomic E-state index is 0.00701. The summed E-state index contributed by atoms with van der Waals surface area (Å²) in [7, 11) is 0. The van der Waals surface area contributed by atoms with E-state index in [2.05, 4.69) is 28.9 Å². The smallest absolute Gasteiger partial charge is 0.259 e. The first-order valence-electron chi connectivity index (χ1n) is 10.6. The van der Waals surface area contributed by atoms with E-state index in [1.165, 1.54) is 0 Å². The highest BCUT2D eigenvalue weighted by molar-refractivity contribution is 6.32. The number of piperazine rings is 1. The quantitative estimate of drug-likeness (QED) is 0.571. The summed E-state index contributed by atoms with van der Waals surface area (Å²) in [6, 6.07) is 9.37. The number of carbonyl (C=O) groups excluding carboxylic acids is 1. The van der Waals surface area contributed by atoms with Crippen LogP contribution in [0.1, 0.15) is 41.5 Å². The molecular weight excluding hydrogens is 416 g/mol. The largest absolute Gasteiger partial charge is 0.491 e. The Morgan fingerprint density at radius 2 is 1.97 bits per heavy atom. The summed E-state index contributed by atoms with van der Waals surface area (Å²) >= 11 is 6.13. The third-order valence-electron chi connectivity index (χ3n) is 5.62. The lowest BCUT2D eigenvalue weighted by Gasteiger charge is -2.34. The lowest BCUT2D eigenvalue weighted by Crippen LogP contribution is -2.49. The van der Waals surface area contributed by atoms with Crippen LogP contribution in [-0.2, 0) is 0 Å². The number of rotatable bonds is 6. The van der Waals surface area contributed by atoms with E-state index in [4.69, 9.17) is 20.9 Å². The van der Waals surface area contributed by atoms with Gasteiger partial charge in [0.2, 0.25) is 0 Å². The zero-order chi connectivity index (χ0) is 22.0. The second kappa shape index (κ2) is 9.24. The number of halogens is 1. The number of benzene rings is 1. The molecule has 1 aliphatic heterocycles. The van der Waals surface area contributed by atoms with Gasteiger partial charge in [-0.1, -0.05) is 42.7 Å². The molecule has 0 saturated carbocycles. The van der Waals surface area contributed by atoms with Crippen molar-refractivity contribution in [1.82, 2.24) is 19.9 Å². The maximum atomic E-state index is 13.4. The molecule has 0 spiro atoms. The summed E-state index contributed by atoms with van der Waals surface area (Å²) in [4.78, 5) is 22.1. The molecule has 0 aliphatic carbocycles. The van der Waals surface area contributed by atoms with Crippen molar-refractivity contribution in [1.29, 1.82) is 0 Å². The lowest BCUT2D eigenvalue weighted by molar-refractivity contribution is 0.0622. The minimum atomic E-state index is 0.00701. The van der Waals surface area contributed by atoms with Crippen LogP contribution in [0.4, 0.5) is 0 Å². The average Bonchev–Trinajstić information content (AvgIpc) is 3.15. The number of amides is 1. The first kappa shape index (κ1) is 21.6. The summed E-state index contributed by atoms with van der Waals surface area (Å²) < 4.78 is 11.2. The number of nitrogens with zero attached hydrogens (tertiary/aromatic N) is 4. The maximum absolute atomic E-state index is 13.4. The Kier molecular flexibility index (Phi) is 6.43. The van der Waals surface area contributed by atoms with E-state index in [-0.39, 0.29) is 11.8 Å². The molecular formula is C23H27ClN4O3. The average molecular weight is 443 g/mol. The van der Waals surface area contributed by atoms with E-state index in [1.54, 1.807) is 0 Å². The standard InChI is InChI=1S/C23H27ClN4O3/c1-15(2)19-14-17(21-16(3)26-31-22(21)25-19)23(29)28-10-8-27(9-11-28)12-13-30-20-7-5-4-6-18(20)24/h4-7,14-15H,8-13H2,1-3H3. The van der Waals surface area contributed by atoms with Crippen LogP contribution in [0, 0.1) is 6.92 Å². The second-order valence-electron chi connectivity index (χ2n) is 8.11. The summed E-state index contributed by atoms with van der Waals surface area (Å²) in [5.41, 5.74) is 2.59. The first-order chi connectivity index (χ1) is 14.9. The van der Waals surface area contributed by atoms with Gasteiger partial charge in [-0.3, -0.25) is 9.69 Å². The Labute approximate surface area is 186 Å². The van der Waals surface area contributed by atoms with Gasteiger partial charge in [0.15, 0.2) is 0 Å². The van der Waals surface area contributed by atoms with Gasteiger partial charge in [-0.15, -0.1) is 0 Å². The molecule has 0 unspecified atom stereocenters. The summed E-state index contributed by atoms with van der Waals surface area (Å²) in [6.07, 6.45) is 0. The van der Waals surface area contributed by atoms with Crippen LogP contribution in [0.3, 0.4) is 0 Å². The van der Waals surface area contributed by atoms with Crippen LogP contribution in [-0.4, -0.2) is 65.2 Å². The molecule has 1 aromatic carbocycles. The third-order valence-corrected chi connectivity index (χ3v) is 5.93. The molecule has 1 aliphatic rings. The van der Waals surface area contributed by atoms with E-state index in [0.717, 1.165) is 25.3 Å². The number of aromatic nitrogens is 2. The molecule has 164 valence electrons. The van der Waals surface area contributed by atoms with E-state index in [1.807, 2.05) is 42.2 Å². The predicted octanol–water partition coefficient (Wildman–Crippen LogP) is 4.14. The van der Waals surface area contributed by atoms with Gasteiger partial charge in [-0.25, -0.2) is 4.98 Å². The third kappa shape index (κ3) is 4.67. The van der Waals surface area contributed by atoms with Crippen molar-refractivity contribution < 1.29 is 14.1 Å². The monoisotopic (exact) mass is 442 g/mol. The van der Waals surface area contributed by atoms with Gasteiger partial charge in [0.25, 0.3) is 11.6 Å². The highest BCUT2D eigenvalue weighted by Gasteiger charge is 2.26. The molecule has 1 amide bonds. The maximum Gasteiger partial charge on any atom is 0.259 e. The predicted molar refractivity (Wildman–Crippen MR) is 120 cm³/mol. The second-order valence-corrected chi connectivity index (χ2v) is 8.52. The molecule has 1 fully saturated rings. The normalized spacial score (nSPS) is 15.1. The van der Waals surface area contributed by atoms with E-state index in [9.17, 15) is 4.79 Å². The molecule has 7 nitrogen and oxygen atoms in total. The number of hydrogen-bond donors (Lipinski definition) is 0. The molecule has 31 heavy (non-hydrogen) atoms. The van der Waals surface area contributed by atoms with Crippen LogP contribution in [0.2, 0.25) is 5.02 Å². The highest BCUT2D eigenvalue weighted by Crippen LogP contribution is 2.27. The van der Waals surface area contributed by atoms with E-state index in [0.29, 0.717) is 52.8 Å². The summed E-state index contributed by atoms with van der Waals surface area (Å²) in [5.74, 6) is 0.897. The number of aryl methyl sites for hydroxylation is 1. The van der Waals surface area contributed by atoms with Gasteiger partial charge >= 0.3 is 0 Å². The molecule has 3 aromatic rings. The molecule has 4 rings (SSSR count). The van der Waals surface area contributed by atoms with Gasteiger partial charge in [0, 0.05) is 38.4 Å². The topological polar surface area (TPSA) is 71.7 Å². The van der Waals surface area contributed by atoms with Crippen molar-refractivity contribution >= 4 is 28.6 Å². The molecule has 0 atom stereocenters. The van der Waals surface area contributed by atoms with Gasteiger partial charge in [-0.2, -0.15) is 0 Å². The van der Waals surface area contributed by atoms with Crippen LogP contribution < -0.4 is 4.74 Å². The van der Waals surface area contributed by atoms with Crippen LogP contribution in [0.5, 0.6) is 5.75 Å². The zero-order valence-electron chi connectivity index (χ0n) is 18.1. The number of pyridine rings is 1. The Balaban J connectivity index is 1.38. The van der Waals surface area contributed by atoms with Gasteiger partial charge in [-0.05, 0) is 31.0 Å². The Morgan fingerprint density at radius 1 is 1.23 bits per heavy atom. The molecule has 1 saturated heterocycles. The van der Waals surface area contributed by atoms with Gasteiger partial charge in [0.05, 0.1) is 21.7 Å². The SMILES string of the molecule is Cc1noc2nc(C(C)C)cc(C(=O)N3CCN(CCOc4ccccc4Cl)CC3)c12. The number of para-hydroxylation sites is 1. The van der Waals surface area contributed by atoms with Crippen LogP contribution in [0.15, 0.2) is 34.9 Å². The zero-order valence-corrected chi connectivity index (χ0v) is 18.9. The Bertz CT molecular complexity index is 1070. The fraction of sp³-hybridized carbons (Fsp3) is 0.435. The fourth-order valence-corrected chi connectivity index (χ4v) is 3.96. The Hall–Kier alpha value is -2.64. The van der Waals surface area contributed by atoms with Gasteiger partial charge < -0.3 is 14.2 Å². The van der Waals surface area contributed by atoms with E-state index < -0.39 is 0 Å². The van der Waals surface area contributed by atoms with Gasteiger partial charge in [0.1, 0.15) is 12.4 Å². The molecule has 3 heterocycles. The number of ether oxygens (including phenoxy) is 1. The molecule has 0 bridgehead atoms. The number of fused-ring (bicyclic) bond motifs is 1. The number of carbonyl (C=O) groups is 1. The summed E-state index contributed by atoms with van der Waals surface area (Å²) in [6.45, 7) is 10.2. The van der Waals surface area contributed by atoms with Crippen molar-refractivity contribution in [3.05, 3.63) is 52.3 Å². The lowest BCUT2D eigenvalue weighted by atomic mass is 10.0. The molecule has 2 aromatic heterocycles. The van der Waals surface area contributed by atoms with Crippen molar-refractivity contribution in [2.75, 3.05) is 39.3 Å². The molecule has 0 radical (unpaired) electrons. The molecule has 8 heteroatoms. The first-order valence-corrected chi connectivity index (χ1v) is 11.0. The van der Waals surface area contributed by atoms with Crippen molar-refractivity contribution in [2.24, 2.45) is 0 Å². The molecule has 0 N–H and O–H groups in total. The van der Waals surface area contributed by atoms with Crippen molar-refractivity contribution in [3.8, 4) is 5.75 Å². The highest BCUT2D eigenvalue weighted by atomic mass is 35.5. The van der Waals surface area contributed by atoms with Crippen molar-refractivity contribution in [2.45, 2.75) is 26.7 Å². The van der Waals surface area contributed by atoms with Crippen LogP contribution in [0.25, 0.3) is 11.1 Å². The Morgan fingerprint density at radius 3 is 2.68 bits per heavy atom. The van der Waals surface area contributed by atoms with E-state index >= 15 is 0 Å². The fourth-order valence-electron chi connectivity index (χ4n) is 3.77. The minimum Gasteiger partial charge on any atom is -0.491 e. The summed E-state index contributed by atoms with van der Waals surface area (Å²) in [5, 5.41) is 5.35. The van der Waals surface area contributed by atoms with Crippen molar-refractivity contribution in [3.63, 3.8) is 0 Å².